The minimum atomic E-state index is -8.05. The van der Waals surface area contributed by atoms with Gasteiger partial charge in [0.15, 0.2) is 40.6 Å². The van der Waals surface area contributed by atoms with Crippen LogP contribution in [0.3, 0.4) is 0 Å². The van der Waals surface area contributed by atoms with Gasteiger partial charge in [-0.05, 0) is 205 Å². The zero-order chi connectivity index (χ0) is 91.3. The maximum Gasteiger partial charge on any atom is 0.480 e. The highest BCUT2D eigenvalue weighted by molar-refractivity contribution is 8.13. The normalized spacial score (nSPS) is 18.2. The number of hydrogen-bond acceptors (Lipinski definition) is 20. The van der Waals surface area contributed by atoms with Crippen molar-refractivity contribution in [2.75, 3.05) is 33.0 Å². The molecule has 1 aliphatic heterocycles. The molecule has 3 N–H and O–H groups in total. The largest absolute Gasteiger partial charge is 0.508 e. The molecule has 3 aliphatic carbocycles. The molecular weight excluding hydrogens is 1700 g/mol. The number of nitrogens with zero attached hydrogens (tertiary/aromatic N) is 1. The summed E-state index contributed by atoms with van der Waals surface area (Å²) in [5, 5.41) is 8.38. The SMILES string of the molecule is CCC(C)(C)C(=O)OC1C2CC3C(=O)OC1C3C2.CCC(C)(C)C(=O)OCCOC(=O)CCC(=O)NCCc1ccc(OS(=O)(=O)C(F)(F)C(F)(F)C(F)(F)S(=O)(=O)[N-]S(=O)(=O)C(F)(F)F)cc1.CCC(C)c1ccc(O)cc1.CCC(C)c1ccc(OC(C)OCCC2CCCCC2)cc1.OCCc1ccc(-[s+]2c3ccccc3c3ccccc32)cc1. The van der Waals surface area contributed by atoms with Crippen LogP contribution in [-0.2, 0) is 90.7 Å². The molecule has 8 unspecified atom stereocenters. The lowest BCUT2D eigenvalue weighted by molar-refractivity contribution is -0.245. The summed E-state index contributed by atoms with van der Waals surface area (Å²) in [6, 6.07) is 44.9. The molecule has 11 rings (SSSR count). The Balaban J connectivity index is 0.000000234. The van der Waals surface area contributed by atoms with Gasteiger partial charge in [0.25, 0.3) is 0 Å². The fourth-order valence-corrected chi connectivity index (χ4v) is 19.3. The van der Waals surface area contributed by atoms with Crippen molar-refractivity contribution in [3.05, 3.63) is 172 Å². The molecule has 3 saturated carbocycles. The highest BCUT2D eigenvalue weighted by Crippen LogP contribution is 2.57. The summed E-state index contributed by atoms with van der Waals surface area (Å²) in [4.78, 5) is 60.6. The molecule has 1 aromatic heterocycles. The number of aliphatic hydroxyl groups is 1. The van der Waals surface area contributed by atoms with Crippen LogP contribution in [0.4, 0.5) is 39.5 Å². The quantitative estimate of drug-likeness (QED) is 0.00632. The van der Waals surface area contributed by atoms with Gasteiger partial charge in [-0.3, -0.25) is 24.0 Å². The van der Waals surface area contributed by atoms with Crippen LogP contribution in [0.5, 0.6) is 17.2 Å². The van der Waals surface area contributed by atoms with Crippen LogP contribution < -0.4 is 14.2 Å². The Morgan fingerprint density at radius 1 is 0.602 bits per heavy atom. The molecule has 6 aromatic carbocycles. The van der Waals surface area contributed by atoms with Crippen LogP contribution in [0.2, 0.25) is 0 Å². The van der Waals surface area contributed by atoms with Gasteiger partial charge < -0.3 is 52.3 Å². The van der Waals surface area contributed by atoms with E-state index in [-0.39, 0.29) is 98.0 Å². The van der Waals surface area contributed by atoms with Crippen molar-refractivity contribution in [3.8, 4) is 22.1 Å². The number of fused-ring (bicyclic) bond motifs is 4. The van der Waals surface area contributed by atoms with Gasteiger partial charge in [-0.2, -0.15) is 47.9 Å². The van der Waals surface area contributed by atoms with Crippen molar-refractivity contribution in [3.63, 3.8) is 0 Å². The van der Waals surface area contributed by atoms with Crippen LogP contribution in [-0.4, -0.2) is 139 Å². The number of halogens is 9. The Morgan fingerprint density at radius 2 is 1.11 bits per heavy atom. The first-order valence-corrected chi connectivity index (χ1v) is 46.4. The second kappa shape index (κ2) is 44.0. The lowest BCUT2D eigenvalue weighted by Crippen LogP contribution is -2.61. The third-order valence-corrected chi connectivity index (χ3v) is 29.2. The number of sulfonamides is 2. The van der Waals surface area contributed by atoms with Gasteiger partial charge in [0.05, 0.1) is 29.8 Å². The second-order valence-corrected chi connectivity index (χ2v) is 39.0. The minimum Gasteiger partial charge on any atom is -0.508 e. The zero-order valence-electron chi connectivity index (χ0n) is 70.6. The molecule has 0 radical (unpaired) electrons. The predicted octanol–water partition coefficient (Wildman–Crippen LogP) is 19.7. The average Bonchev–Trinajstić information content (AvgIpc) is 1.01. The molecule has 123 heavy (non-hydrogen) atoms. The van der Waals surface area contributed by atoms with E-state index in [0.29, 0.717) is 52.1 Å². The molecule has 680 valence electrons. The zero-order valence-corrected chi connectivity index (χ0v) is 73.9. The van der Waals surface area contributed by atoms with Crippen molar-refractivity contribution in [2.45, 2.75) is 231 Å². The van der Waals surface area contributed by atoms with E-state index < -0.39 is 86.5 Å². The lowest BCUT2D eigenvalue weighted by Gasteiger charge is -2.35. The summed E-state index contributed by atoms with van der Waals surface area (Å²) < 4.78 is 229. The maximum absolute atomic E-state index is 14.2. The molecule has 4 fully saturated rings. The number of benzene rings is 6. The Kier molecular flexibility index (Phi) is 36.3. The second-order valence-electron chi connectivity index (χ2n) is 32.0. The number of carbonyl (C=O) groups excluding carboxylic acids is 5. The number of rotatable bonds is 35. The van der Waals surface area contributed by atoms with E-state index >= 15 is 0 Å². The number of nitrogens with one attached hydrogen (secondary N) is 1. The van der Waals surface area contributed by atoms with Crippen LogP contribution in [0.1, 0.15) is 200 Å². The van der Waals surface area contributed by atoms with E-state index in [1.54, 1.807) is 32.9 Å². The number of aliphatic hydroxyl groups excluding tert-OH is 1. The first-order valence-electron chi connectivity index (χ1n) is 40.9. The molecule has 1 saturated heterocycles. The Hall–Kier alpha value is -8.61. The molecule has 8 atom stereocenters. The standard InChI is InChI=1S/C24H28F9N2O12S3.C20H32O2.C20H17OS.C14H20O4.C10H14O/c1-4-20(2,3)19(38)46-14-13-45-18(37)10-9-17(36)34-12-11-15-5-7-16(8-6-15)47-50(43,44)23(29,30)21(25,26)22(27,28)48(39,40)35-49(41,42)24(31,32)33;1-4-16(2)19-10-12-20(13-11-19)22-17(3)21-15-14-18-8-6-5-7-9-18;21-14-13-15-9-11-16(12-10-15)22-19-7-3-1-5-17(19)18-6-2-4-8-20(18)22;1-4-14(2,3)13(16)18-10-7-5-8-9(6-7)12(15)17-11(8)10;1-3-8(2)9-4-6-10(11)7-5-9/h5-8H,4,9-14H2,1-3H3,(H,34,36);10-13,16-18H,4-9,14-15H2,1-3H3;1-12,21H,13-14H2;7-11H,4-6H2,1-3H3;4-8,11H,3H2,1-2H3/q-1;;+1;;. The molecule has 4 aliphatic rings. The number of ether oxygens (including phenoxy) is 6. The molecular formula is C88H111F9N2O20S4. The van der Waals surface area contributed by atoms with E-state index in [4.69, 9.17) is 38.6 Å². The topological polar surface area (TPSA) is 319 Å². The van der Waals surface area contributed by atoms with Gasteiger partial charge in [-0.25, -0.2) is 16.8 Å². The number of hydrogen-bond donors (Lipinski definition) is 3. The van der Waals surface area contributed by atoms with Crippen LogP contribution >= 0.6 is 10.5 Å². The van der Waals surface area contributed by atoms with Crippen LogP contribution in [0.15, 0.2) is 146 Å². The van der Waals surface area contributed by atoms with Gasteiger partial charge in [0.2, 0.25) is 5.91 Å². The lowest BCUT2D eigenvalue weighted by atomic mass is 9.87. The van der Waals surface area contributed by atoms with E-state index in [2.05, 4.69) is 134 Å². The van der Waals surface area contributed by atoms with Crippen LogP contribution in [0, 0.1) is 34.5 Å². The van der Waals surface area contributed by atoms with E-state index in [1.807, 2.05) is 39.8 Å². The maximum atomic E-state index is 14.2. The molecule has 2 bridgehead atoms. The Morgan fingerprint density at radius 3 is 1.65 bits per heavy atom. The summed E-state index contributed by atoms with van der Waals surface area (Å²) in [6.45, 7) is 22.1. The van der Waals surface area contributed by atoms with E-state index in [9.17, 15) is 88.7 Å². The highest BCUT2D eigenvalue weighted by atomic mass is 32.3. The monoisotopic (exact) mass is 1810 g/mol. The minimum absolute atomic E-state index is 0.0153. The molecule has 22 nitrogen and oxygen atoms in total. The number of thiophene rings is 1. The fraction of sp³-hybridized carbons (Fsp3) is 0.534. The van der Waals surface area contributed by atoms with Crippen molar-refractivity contribution < 1.29 is 132 Å². The molecule has 7 aromatic rings. The summed E-state index contributed by atoms with van der Waals surface area (Å²) in [7, 11) is -22.9. The summed E-state index contributed by atoms with van der Waals surface area (Å²) in [5.74, 6) is -7.06. The molecule has 35 heteroatoms. The van der Waals surface area contributed by atoms with Crippen molar-refractivity contribution in [2.24, 2.45) is 34.5 Å². The molecule has 0 spiro atoms. The summed E-state index contributed by atoms with van der Waals surface area (Å²) >= 11 is 0. The number of alkyl halides is 9. The molecule has 1 amide bonds. The Bertz CT molecular complexity index is 4940. The number of phenols is 1. The summed E-state index contributed by atoms with van der Waals surface area (Å²) in [6.07, 6.45) is 13.0. The van der Waals surface area contributed by atoms with Gasteiger partial charge in [0.1, 0.15) is 42.7 Å². The third kappa shape index (κ3) is 26.5. The first kappa shape index (κ1) is 101. The average molecular weight is 1820 g/mol. The van der Waals surface area contributed by atoms with Crippen molar-refractivity contribution in [1.82, 2.24) is 5.32 Å². The van der Waals surface area contributed by atoms with Gasteiger partial charge in [-0.15, -0.1) is 0 Å². The van der Waals surface area contributed by atoms with Gasteiger partial charge >= 0.3 is 55.9 Å². The number of aromatic hydroxyl groups is 1. The van der Waals surface area contributed by atoms with Crippen LogP contribution in [0.25, 0.3) is 29.2 Å². The first-order chi connectivity index (χ1) is 57.6. The van der Waals surface area contributed by atoms with Crippen molar-refractivity contribution >= 4 is 90.6 Å². The fourth-order valence-electron chi connectivity index (χ4n) is 13.7. The third-order valence-electron chi connectivity index (χ3n) is 22.5. The van der Waals surface area contributed by atoms with Gasteiger partial charge in [0, 0.05) is 52.7 Å². The number of carbonyl (C=O) groups is 5. The number of amides is 1. The summed E-state index contributed by atoms with van der Waals surface area (Å²) in [5.41, 5.74) is -3.88. The highest BCUT2D eigenvalue weighted by Gasteiger charge is 2.82. The Labute approximate surface area is 716 Å². The predicted molar refractivity (Wildman–Crippen MR) is 449 cm³/mol. The smallest absolute Gasteiger partial charge is 0.480 e. The number of phenolic OH excluding ortho intramolecular Hbond substituents is 1. The molecule has 2 heterocycles. The van der Waals surface area contributed by atoms with E-state index in [0.717, 1.165) is 62.5 Å². The number of esters is 4. The van der Waals surface area contributed by atoms with Gasteiger partial charge in [-0.1, -0.05) is 146 Å². The van der Waals surface area contributed by atoms with Crippen molar-refractivity contribution in [1.29, 1.82) is 0 Å². The van der Waals surface area contributed by atoms with E-state index in [1.165, 1.54) is 86.7 Å².